The van der Waals surface area contributed by atoms with Gasteiger partial charge in [0.15, 0.2) is 0 Å². The van der Waals surface area contributed by atoms with E-state index in [0.717, 1.165) is 54.1 Å². The van der Waals surface area contributed by atoms with Crippen molar-refractivity contribution >= 4 is 17.5 Å². The van der Waals surface area contributed by atoms with Gasteiger partial charge in [-0.3, -0.25) is 14.5 Å². The summed E-state index contributed by atoms with van der Waals surface area (Å²) >= 11 is 0. The number of aryl methyl sites for hydroxylation is 1. The first kappa shape index (κ1) is 37.9. The number of carbonyl (C=O) groups is 2. The molecule has 0 aliphatic carbocycles. The molecule has 3 rings (SSSR count). The van der Waals surface area contributed by atoms with Crippen LogP contribution in [0, 0.1) is 24.7 Å². The van der Waals surface area contributed by atoms with Crippen LogP contribution in [-0.4, -0.2) is 83.6 Å². The van der Waals surface area contributed by atoms with E-state index in [1.165, 1.54) is 6.42 Å². The Labute approximate surface area is 262 Å². The predicted molar refractivity (Wildman–Crippen MR) is 181 cm³/mol. The van der Waals surface area contributed by atoms with E-state index in [2.05, 4.69) is 75.0 Å². The molecule has 1 aliphatic heterocycles. The van der Waals surface area contributed by atoms with Crippen LogP contribution in [0.15, 0.2) is 37.0 Å². The Balaban J connectivity index is 0.00000174. The van der Waals surface area contributed by atoms with E-state index >= 15 is 0 Å². The van der Waals surface area contributed by atoms with Crippen molar-refractivity contribution in [2.75, 3.05) is 47.3 Å². The molecule has 242 valence electrons. The monoisotopic (exact) mass is 596 g/mol. The van der Waals surface area contributed by atoms with Crippen LogP contribution >= 0.6 is 0 Å². The largest absolute Gasteiger partial charge is 0.378 e. The summed E-state index contributed by atoms with van der Waals surface area (Å²) in [5, 5.41) is 7.82. The fourth-order valence-electron chi connectivity index (χ4n) is 4.82. The molecule has 43 heavy (non-hydrogen) atoms. The number of likely N-dealkylation sites (N-methyl/N-ethyl adjacent to an activating group) is 1. The highest BCUT2D eigenvalue weighted by atomic mass is 16.2. The van der Waals surface area contributed by atoms with E-state index in [0.29, 0.717) is 25.6 Å². The van der Waals surface area contributed by atoms with Crippen LogP contribution in [-0.2, 0) is 16.1 Å². The SMILES string of the molecule is C=C(c1ccc(-n2cc(CN3CCC(C)C(=O)NC[C@@H](CC(C)C)C(=O)N(C)CC3)c(C)n2)cc1)N(C)C.CC.CCC. The molecule has 0 bridgehead atoms. The summed E-state index contributed by atoms with van der Waals surface area (Å²) in [5.41, 5.74) is 5.16. The number of rotatable bonds is 7. The van der Waals surface area contributed by atoms with Crippen molar-refractivity contribution in [1.29, 1.82) is 0 Å². The molecule has 1 unspecified atom stereocenters. The van der Waals surface area contributed by atoms with Crippen LogP contribution in [0.25, 0.3) is 11.4 Å². The van der Waals surface area contributed by atoms with Crippen LogP contribution in [0.3, 0.4) is 0 Å². The Bertz CT molecular complexity index is 1120. The van der Waals surface area contributed by atoms with Crippen molar-refractivity contribution in [3.8, 4) is 5.69 Å². The maximum absolute atomic E-state index is 13.2. The molecule has 1 N–H and O–H groups in total. The second kappa shape index (κ2) is 19.2. The molecule has 1 fully saturated rings. The first-order chi connectivity index (χ1) is 20.4. The third-order valence-electron chi connectivity index (χ3n) is 7.48. The summed E-state index contributed by atoms with van der Waals surface area (Å²) in [5.74, 6) is 0.226. The lowest BCUT2D eigenvalue weighted by atomic mass is 9.95. The van der Waals surface area contributed by atoms with Gasteiger partial charge in [-0.2, -0.15) is 5.10 Å². The third-order valence-corrected chi connectivity index (χ3v) is 7.48. The molecule has 0 radical (unpaired) electrons. The molecule has 0 spiro atoms. The molecule has 1 aromatic heterocycles. The molecule has 2 atom stereocenters. The van der Waals surface area contributed by atoms with Crippen molar-refractivity contribution in [3.05, 3.63) is 53.9 Å². The smallest absolute Gasteiger partial charge is 0.227 e. The summed E-state index contributed by atoms with van der Waals surface area (Å²) in [6, 6.07) is 8.25. The molecule has 8 heteroatoms. The lowest BCUT2D eigenvalue weighted by Crippen LogP contribution is -2.45. The molecular formula is C35H60N6O2. The Morgan fingerprint density at radius 2 is 1.70 bits per heavy atom. The van der Waals surface area contributed by atoms with Gasteiger partial charge < -0.3 is 15.1 Å². The Morgan fingerprint density at radius 1 is 1.09 bits per heavy atom. The van der Waals surface area contributed by atoms with Gasteiger partial charge in [0.2, 0.25) is 11.8 Å². The second-order valence-electron chi connectivity index (χ2n) is 12.1. The maximum Gasteiger partial charge on any atom is 0.227 e. The van der Waals surface area contributed by atoms with Crippen molar-refractivity contribution in [1.82, 2.24) is 29.8 Å². The first-order valence-electron chi connectivity index (χ1n) is 16.1. The number of aromatic nitrogens is 2. The van der Waals surface area contributed by atoms with Crippen LogP contribution in [0.1, 0.15) is 84.5 Å². The average molecular weight is 597 g/mol. The summed E-state index contributed by atoms with van der Waals surface area (Å²) < 4.78 is 1.92. The Morgan fingerprint density at radius 3 is 2.26 bits per heavy atom. The minimum Gasteiger partial charge on any atom is -0.378 e. The minimum atomic E-state index is -0.189. The normalized spacial score (nSPS) is 18.4. The van der Waals surface area contributed by atoms with Crippen molar-refractivity contribution < 1.29 is 9.59 Å². The molecule has 2 amide bonds. The molecule has 2 heterocycles. The van der Waals surface area contributed by atoms with Crippen molar-refractivity contribution in [2.24, 2.45) is 17.8 Å². The number of hydrogen-bond acceptors (Lipinski definition) is 5. The van der Waals surface area contributed by atoms with Gasteiger partial charge >= 0.3 is 0 Å². The fourth-order valence-corrected chi connectivity index (χ4v) is 4.82. The standard InChI is InChI=1S/C30H46N6O2.C3H8.C2H6/c1-21(2)17-26-18-31-29(37)22(3)13-14-35(16-15-34(8)30(26)38)19-27-20-36(32-23(27)4)28-11-9-25(10-12-28)24(5)33(6)7;1-3-2;1-2/h9-12,20-22,26H,5,13-19H2,1-4,6-8H3,(H,31,37);3H2,1-2H3;1-2H3/t22?,26-;;/m1../s1. The van der Waals surface area contributed by atoms with Gasteiger partial charge in [0.05, 0.1) is 17.3 Å². The number of nitrogens with zero attached hydrogens (tertiary/aromatic N) is 5. The lowest BCUT2D eigenvalue weighted by Gasteiger charge is -2.30. The van der Waals surface area contributed by atoms with Gasteiger partial charge in [0.25, 0.3) is 0 Å². The summed E-state index contributed by atoms with van der Waals surface area (Å²) in [4.78, 5) is 32.1. The molecule has 8 nitrogen and oxygen atoms in total. The lowest BCUT2D eigenvalue weighted by molar-refractivity contribution is -0.135. The summed E-state index contributed by atoms with van der Waals surface area (Å²) in [6.07, 6.45) is 4.87. The number of hydrogen-bond donors (Lipinski definition) is 1. The van der Waals surface area contributed by atoms with E-state index in [1.807, 2.05) is 63.3 Å². The highest BCUT2D eigenvalue weighted by Gasteiger charge is 2.26. The van der Waals surface area contributed by atoms with Gasteiger partial charge in [0, 0.05) is 70.7 Å². The Kier molecular flexibility index (Phi) is 16.9. The highest BCUT2D eigenvalue weighted by molar-refractivity contribution is 5.81. The number of benzene rings is 1. The summed E-state index contributed by atoms with van der Waals surface area (Å²) in [6.45, 7) is 23.9. The van der Waals surface area contributed by atoms with E-state index in [-0.39, 0.29) is 23.7 Å². The molecule has 1 aromatic carbocycles. The van der Waals surface area contributed by atoms with Gasteiger partial charge in [-0.1, -0.05) is 73.6 Å². The molecule has 1 aliphatic rings. The van der Waals surface area contributed by atoms with E-state index in [4.69, 9.17) is 5.10 Å². The van der Waals surface area contributed by atoms with E-state index in [9.17, 15) is 9.59 Å². The quantitative estimate of drug-likeness (QED) is 0.410. The van der Waals surface area contributed by atoms with Crippen LogP contribution in [0.4, 0.5) is 0 Å². The average Bonchev–Trinajstić information content (AvgIpc) is 3.35. The van der Waals surface area contributed by atoms with E-state index < -0.39 is 0 Å². The Hall–Kier alpha value is -3.13. The van der Waals surface area contributed by atoms with Crippen LogP contribution < -0.4 is 5.32 Å². The number of carbonyl (C=O) groups excluding carboxylic acids is 2. The van der Waals surface area contributed by atoms with Crippen molar-refractivity contribution in [3.63, 3.8) is 0 Å². The van der Waals surface area contributed by atoms with Gasteiger partial charge in [-0.05, 0) is 49.9 Å². The minimum absolute atomic E-state index is 0.0270. The van der Waals surface area contributed by atoms with Gasteiger partial charge in [-0.25, -0.2) is 4.68 Å². The zero-order valence-electron chi connectivity index (χ0n) is 29.0. The zero-order valence-corrected chi connectivity index (χ0v) is 29.0. The molecule has 0 saturated carbocycles. The second-order valence-corrected chi connectivity index (χ2v) is 12.1. The maximum atomic E-state index is 13.2. The predicted octanol–water partition coefficient (Wildman–Crippen LogP) is 6.23. The van der Waals surface area contributed by atoms with E-state index in [1.54, 1.807) is 0 Å². The number of nitrogens with one attached hydrogen (secondary N) is 1. The topological polar surface area (TPSA) is 73.7 Å². The fraction of sp³-hybridized carbons (Fsp3) is 0.629. The van der Waals surface area contributed by atoms with Crippen LogP contribution in [0.5, 0.6) is 0 Å². The highest BCUT2D eigenvalue weighted by Crippen LogP contribution is 2.20. The van der Waals surface area contributed by atoms with Crippen molar-refractivity contribution in [2.45, 2.75) is 81.2 Å². The van der Waals surface area contributed by atoms with Gasteiger partial charge in [0.1, 0.15) is 0 Å². The molecule has 2 aromatic rings. The molecule has 1 saturated heterocycles. The summed E-state index contributed by atoms with van der Waals surface area (Å²) in [7, 11) is 5.85. The van der Waals surface area contributed by atoms with Crippen LogP contribution in [0.2, 0.25) is 0 Å². The first-order valence-corrected chi connectivity index (χ1v) is 16.1. The molecular weight excluding hydrogens is 536 g/mol. The van der Waals surface area contributed by atoms with Gasteiger partial charge in [-0.15, -0.1) is 0 Å². The number of amides is 2. The zero-order chi connectivity index (χ0) is 32.7. The third kappa shape index (κ3) is 12.2.